The van der Waals surface area contributed by atoms with Crippen LogP contribution in [-0.4, -0.2) is 39.0 Å². The van der Waals surface area contributed by atoms with Gasteiger partial charge in [-0.05, 0) is 32.3 Å². The number of hydrogen-bond acceptors (Lipinski definition) is 3. The van der Waals surface area contributed by atoms with E-state index < -0.39 is 11.5 Å². The molecule has 1 unspecified atom stereocenters. The molecular formula is C13H15ClN2O3. The average Bonchev–Trinajstić information content (AvgIpc) is 2.39. The monoisotopic (exact) mass is 282 g/mol. The van der Waals surface area contributed by atoms with Gasteiger partial charge in [0.1, 0.15) is 5.54 Å². The van der Waals surface area contributed by atoms with Gasteiger partial charge >= 0.3 is 5.97 Å². The van der Waals surface area contributed by atoms with Gasteiger partial charge in [0.25, 0.3) is 5.91 Å². The summed E-state index contributed by atoms with van der Waals surface area (Å²) in [5, 5.41) is 9.68. The van der Waals surface area contributed by atoms with Crippen LogP contribution >= 0.6 is 11.6 Å². The van der Waals surface area contributed by atoms with E-state index in [0.717, 1.165) is 12.8 Å². The molecule has 2 rings (SSSR count). The van der Waals surface area contributed by atoms with Crippen LogP contribution in [-0.2, 0) is 4.79 Å². The topological polar surface area (TPSA) is 70.5 Å². The van der Waals surface area contributed by atoms with E-state index in [0.29, 0.717) is 18.0 Å². The van der Waals surface area contributed by atoms with Crippen LogP contribution < -0.4 is 0 Å². The van der Waals surface area contributed by atoms with Gasteiger partial charge in [0.2, 0.25) is 0 Å². The van der Waals surface area contributed by atoms with E-state index in [4.69, 9.17) is 11.6 Å². The smallest absolute Gasteiger partial charge is 0.329 e. The molecule has 0 aliphatic carbocycles. The summed E-state index contributed by atoms with van der Waals surface area (Å²) in [5.74, 6) is -1.36. The van der Waals surface area contributed by atoms with Crippen LogP contribution in [0.15, 0.2) is 18.5 Å². The van der Waals surface area contributed by atoms with E-state index in [-0.39, 0.29) is 11.5 Å². The molecule has 19 heavy (non-hydrogen) atoms. The Labute approximate surface area is 116 Å². The molecule has 5 nitrogen and oxygen atoms in total. The third-order valence-electron chi connectivity index (χ3n) is 3.60. The minimum atomic E-state index is -1.17. The van der Waals surface area contributed by atoms with Gasteiger partial charge in [0.15, 0.2) is 0 Å². The maximum atomic E-state index is 12.5. The zero-order chi connectivity index (χ0) is 14.0. The number of carbonyl (C=O) groups is 2. The van der Waals surface area contributed by atoms with Crippen LogP contribution in [0.2, 0.25) is 5.02 Å². The molecule has 1 saturated heterocycles. The molecule has 0 saturated carbocycles. The van der Waals surface area contributed by atoms with Crippen LogP contribution in [0.1, 0.15) is 36.5 Å². The number of rotatable bonds is 2. The van der Waals surface area contributed by atoms with E-state index in [2.05, 4.69) is 4.98 Å². The zero-order valence-corrected chi connectivity index (χ0v) is 11.4. The Bertz CT molecular complexity index is 520. The van der Waals surface area contributed by atoms with Crippen LogP contribution in [0, 0.1) is 0 Å². The molecular weight excluding hydrogens is 268 g/mol. The first kappa shape index (κ1) is 13.8. The van der Waals surface area contributed by atoms with Crippen LogP contribution in [0.5, 0.6) is 0 Å². The lowest BCUT2D eigenvalue weighted by atomic mass is 9.88. The molecule has 6 heteroatoms. The van der Waals surface area contributed by atoms with Gasteiger partial charge in [-0.2, -0.15) is 0 Å². The van der Waals surface area contributed by atoms with Crippen molar-refractivity contribution in [1.82, 2.24) is 9.88 Å². The van der Waals surface area contributed by atoms with Crippen molar-refractivity contribution in [1.29, 1.82) is 0 Å². The molecule has 1 amide bonds. The molecule has 1 aliphatic heterocycles. The molecule has 2 heterocycles. The Hall–Kier alpha value is -1.62. The van der Waals surface area contributed by atoms with Crippen LogP contribution in [0.3, 0.4) is 0 Å². The summed E-state index contributed by atoms with van der Waals surface area (Å²) in [4.78, 5) is 29.2. The SMILES string of the molecule is CC1(C(=O)O)CCCCN1C(=O)c1cnccc1Cl. The van der Waals surface area contributed by atoms with Crippen LogP contribution in [0.25, 0.3) is 0 Å². The number of carboxylic acids is 1. The van der Waals surface area contributed by atoms with Gasteiger partial charge in [0, 0.05) is 18.9 Å². The molecule has 0 bridgehead atoms. The minimum Gasteiger partial charge on any atom is -0.480 e. The first-order chi connectivity index (χ1) is 8.97. The fourth-order valence-electron chi connectivity index (χ4n) is 2.35. The third-order valence-corrected chi connectivity index (χ3v) is 3.92. The largest absolute Gasteiger partial charge is 0.480 e. The number of likely N-dealkylation sites (tertiary alicyclic amines) is 1. The van der Waals surface area contributed by atoms with Crippen molar-refractivity contribution in [2.45, 2.75) is 31.7 Å². The summed E-state index contributed by atoms with van der Waals surface area (Å²) in [7, 11) is 0. The first-order valence-electron chi connectivity index (χ1n) is 6.11. The standard InChI is InChI=1S/C13H15ClN2O3/c1-13(12(18)19)5-2-3-7-16(13)11(17)9-8-15-6-4-10(9)14/h4,6,8H,2-3,5,7H2,1H3,(H,18,19). The van der Waals surface area contributed by atoms with Crippen LogP contribution in [0.4, 0.5) is 0 Å². The summed E-state index contributed by atoms with van der Waals surface area (Å²) in [6.07, 6.45) is 4.92. The number of hydrogen-bond donors (Lipinski definition) is 1. The normalized spacial score (nSPS) is 23.2. The van der Waals surface area contributed by atoms with Crippen molar-refractivity contribution in [3.8, 4) is 0 Å². The molecule has 1 fully saturated rings. The lowest BCUT2D eigenvalue weighted by Gasteiger charge is -2.41. The first-order valence-corrected chi connectivity index (χ1v) is 6.49. The minimum absolute atomic E-state index is 0.249. The zero-order valence-electron chi connectivity index (χ0n) is 10.6. The molecule has 0 aromatic carbocycles. The van der Waals surface area contributed by atoms with E-state index in [9.17, 15) is 14.7 Å². The van der Waals surface area contributed by atoms with Crippen molar-refractivity contribution in [3.63, 3.8) is 0 Å². The number of amides is 1. The Morgan fingerprint density at radius 2 is 2.21 bits per heavy atom. The second kappa shape index (κ2) is 5.17. The number of halogens is 1. The highest BCUT2D eigenvalue weighted by molar-refractivity contribution is 6.33. The van der Waals surface area contributed by atoms with E-state index in [1.165, 1.54) is 23.4 Å². The second-order valence-corrected chi connectivity index (χ2v) is 5.26. The fraction of sp³-hybridized carbons (Fsp3) is 0.462. The number of carboxylic acid groups (broad SMARTS) is 1. The lowest BCUT2D eigenvalue weighted by molar-refractivity contribution is -0.150. The number of aromatic nitrogens is 1. The molecule has 1 aromatic heterocycles. The number of pyridine rings is 1. The Balaban J connectivity index is 2.36. The lowest BCUT2D eigenvalue weighted by Crippen LogP contribution is -2.57. The highest BCUT2D eigenvalue weighted by Crippen LogP contribution is 2.30. The molecule has 1 aromatic rings. The van der Waals surface area contributed by atoms with E-state index in [1.807, 2.05) is 0 Å². The van der Waals surface area contributed by atoms with Crippen molar-refractivity contribution >= 4 is 23.5 Å². The maximum absolute atomic E-state index is 12.5. The van der Waals surface area contributed by atoms with Gasteiger partial charge in [0.05, 0.1) is 10.6 Å². The van der Waals surface area contributed by atoms with Gasteiger partial charge in [-0.3, -0.25) is 9.78 Å². The molecule has 102 valence electrons. The molecule has 1 atom stereocenters. The third kappa shape index (κ3) is 2.42. The van der Waals surface area contributed by atoms with Gasteiger partial charge in [-0.25, -0.2) is 4.79 Å². The summed E-state index contributed by atoms with van der Waals surface area (Å²) in [5.41, 5.74) is -0.923. The quantitative estimate of drug-likeness (QED) is 0.903. The van der Waals surface area contributed by atoms with Gasteiger partial charge < -0.3 is 10.0 Å². The van der Waals surface area contributed by atoms with E-state index in [1.54, 1.807) is 6.92 Å². The predicted molar refractivity (Wildman–Crippen MR) is 70.2 cm³/mol. The highest BCUT2D eigenvalue weighted by Gasteiger charge is 2.44. The Morgan fingerprint density at radius 1 is 1.47 bits per heavy atom. The molecule has 0 spiro atoms. The van der Waals surface area contributed by atoms with Gasteiger partial charge in [-0.15, -0.1) is 0 Å². The molecule has 1 N–H and O–H groups in total. The van der Waals surface area contributed by atoms with Crippen molar-refractivity contribution in [3.05, 3.63) is 29.0 Å². The van der Waals surface area contributed by atoms with E-state index >= 15 is 0 Å². The summed E-state index contributed by atoms with van der Waals surface area (Å²) < 4.78 is 0. The fourth-order valence-corrected chi connectivity index (χ4v) is 2.54. The Kier molecular flexibility index (Phi) is 3.75. The highest BCUT2D eigenvalue weighted by atomic mass is 35.5. The average molecular weight is 283 g/mol. The number of carbonyl (C=O) groups excluding carboxylic acids is 1. The van der Waals surface area contributed by atoms with Gasteiger partial charge in [-0.1, -0.05) is 11.6 Å². The summed E-state index contributed by atoms with van der Waals surface area (Å²) in [6, 6.07) is 1.52. The number of piperidine rings is 1. The summed E-state index contributed by atoms with van der Waals surface area (Å²) in [6.45, 7) is 2.00. The molecule has 1 aliphatic rings. The Morgan fingerprint density at radius 3 is 2.84 bits per heavy atom. The van der Waals surface area contributed by atoms with Crippen molar-refractivity contribution in [2.75, 3.05) is 6.54 Å². The molecule has 0 radical (unpaired) electrons. The van der Waals surface area contributed by atoms with Crippen molar-refractivity contribution < 1.29 is 14.7 Å². The second-order valence-electron chi connectivity index (χ2n) is 4.85. The number of nitrogens with zero attached hydrogens (tertiary/aromatic N) is 2. The number of aliphatic carboxylic acids is 1. The predicted octanol–water partition coefficient (Wildman–Crippen LogP) is 2.20. The summed E-state index contributed by atoms with van der Waals surface area (Å²) >= 11 is 5.98. The van der Waals surface area contributed by atoms with Crippen molar-refractivity contribution in [2.24, 2.45) is 0 Å². The maximum Gasteiger partial charge on any atom is 0.329 e.